The summed E-state index contributed by atoms with van der Waals surface area (Å²) in [7, 11) is 0. The molecule has 66 valence electrons. The summed E-state index contributed by atoms with van der Waals surface area (Å²) in [6.07, 6.45) is 1.91. The van der Waals surface area contributed by atoms with Crippen molar-refractivity contribution in [2.45, 2.75) is 12.3 Å². The summed E-state index contributed by atoms with van der Waals surface area (Å²) in [4.78, 5) is 4.36. The van der Waals surface area contributed by atoms with E-state index in [1.165, 1.54) is 16.5 Å². The second kappa shape index (κ2) is 3.46. The second-order valence-electron chi connectivity index (χ2n) is 3.17. The highest BCUT2D eigenvalue weighted by atomic mass is 79.9. The maximum Gasteiger partial charge on any atom is 0.0702 e. The molecule has 0 aliphatic heterocycles. The van der Waals surface area contributed by atoms with Crippen molar-refractivity contribution in [3.8, 4) is 0 Å². The number of aryl methyl sites for hydroxylation is 1. The number of hydrogen-bond acceptors (Lipinski definition) is 1. The summed E-state index contributed by atoms with van der Waals surface area (Å²) in [5.41, 5.74) is 3.56. The lowest BCUT2D eigenvalue weighted by molar-refractivity contribution is 1.31. The Morgan fingerprint density at radius 3 is 2.92 bits per heavy atom. The van der Waals surface area contributed by atoms with E-state index in [2.05, 4.69) is 52.1 Å². The van der Waals surface area contributed by atoms with Crippen molar-refractivity contribution in [2.75, 3.05) is 0 Å². The van der Waals surface area contributed by atoms with Crippen LogP contribution in [0, 0.1) is 6.92 Å². The van der Waals surface area contributed by atoms with Crippen LogP contribution in [0.5, 0.6) is 0 Å². The molecule has 1 nitrogen and oxygen atoms in total. The summed E-state index contributed by atoms with van der Waals surface area (Å²) in [6, 6.07) is 8.48. The molecule has 0 saturated heterocycles. The van der Waals surface area contributed by atoms with Crippen LogP contribution in [0.25, 0.3) is 10.9 Å². The predicted octanol–water partition coefficient (Wildman–Crippen LogP) is 3.44. The number of fused-ring (bicyclic) bond motifs is 1. The lowest BCUT2D eigenvalue weighted by Crippen LogP contribution is -1.83. The average Bonchev–Trinajstić information content (AvgIpc) is 2.16. The fourth-order valence-corrected chi connectivity index (χ4v) is 1.68. The molecule has 0 aliphatic rings. The Labute approximate surface area is 85.9 Å². The van der Waals surface area contributed by atoms with Gasteiger partial charge in [0, 0.05) is 16.9 Å². The Morgan fingerprint density at radius 2 is 2.15 bits per heavy atom. The zero-order valence-corrected chi connectivity index (χ0v) is 9.01. The van der Waals surface area contributed by atoms with Gasteiger partial charge in [0.2, 0.25) is 0 Å². The summed E-state index contributed by atoms with van der Waals surface area (Å²) in [6.45, 7) is 2.10. The van der Waals surface area contributed by atoms with Crippen molar-refractivity contribution < 1.29 is 0 Å². The quantitative estimate of drug-likeness (QED) is 0.691. The zero-order valence-electron chi connectivity index (χ0n) is 7.42. The van der Waals surface area contributed by atoms with Crippen LogP contribution in [0.2, 0.25) is 0 Å². The van der Waals surface area contributed by atoms with E-state index < -0.39 is 0 Å². The molecule has 0 saturated carbocycles. The van der Waals surface area contributed by atoms with Gasteiger partial charge in [-0.25, -0.2) is 0 Å². The van der Waals surface area contributed by atoms with Crippen molar-refractivity contribution in [3.05, 3.63) is 41.6 Å². The van der Waals surface area contributed by atoms with Crippen LogP contribution in [-0.2, 0) is 5.33 Å². The van der Waals surface area contributed by atoms with Gasteiger partial charge in [0.1, 0.15) is 0 Å². The largest absolute Gasteiger partial charge is 0.256 e. The molecule has 1 aromatic heterocycles. The van der Waals surface area contributed by atoms with E-state index in [1.54, 1.807) is 0 Å². The summed E-state index contributed by atoms with van der Waals surface area (Å²) in [5.74, 6) is 0. The van der Waals surface area contributed by atoms with Gasteiger partial charge in [-0.3, -0.25) is 4.98 Å². The number of halogens is 1. The molecule has 0 N–H and O–H groups in total. The highest BCUT2D eigenvalue weighted by Crippen LogP contribution is 2.16. The molecule has 0 bridgehead atoms. The molecule has 0 fully saturated rings. The van der Waals surface area contributed by atoms with Gasteiger partial charge in [0.25, 0.3) is 0 Å². The maximum atomic E-state index is 4.36. The lowest BCUT2D eigenvalue weighted by Gasteiger charge is -2.00. The van der Waals surface area contributed by atoms with E-state index >= 15 is 0 Å². The summed E-state index contributed by atoms with van der Waals surface area (Å²) >= 11 is 3.42. The van der Waals surface area contributed by atoms with Gasteiger partial charge in [0.05, 0.1) is 5.52 Å². The minimum Gasteiger partial charge on any atom is -0.256 e. The van der Waals surface area contributed by atoms with E-state index in [1.807, 2.05) is 6.20 Å². The van der Waals surface area contributed by atoms with Crippen LogP contribution in [0.4, 0.5) is 0 Å². The molecular formula is C11H10BrN. The van der Waals surface area contributed by atoms with Crippen LogP contribution < -0.4 is 0 Å². The first-order chi connectivity index (χ1) is 6.29. The van der Waals surface area contributed by atoms with Crippen molar-refractivity contribution in [3.63, 3.8) is 0 Å². The lowest BCUT2D eigenvalue weighted by atomic mass is 10.1. The standard InChI is InChI=1S/C11H10BrN/c1-8-2-3-11-10(4-8)5-9(6-12)7-13-11/h2-5,7H,6H2,1H3. The van der Waals surface area contributed by atoms with E-state index in [-0.39, 0.29) is 0 Å². The Kier molecular flexibility index (Phi) is 2.32. The molecule has 13 heavy (non-hydrogen) atoms. The van der Waals surface area contributed by atoms with Crippen molar-refractivity contribution in [1.29, 1.82) is 0 Å². The number of rotatable bonds is 1. The second-order valence-corrected chi connectivity index (χ2v) is 3.73. The Balaban J connectivity index is 2.68. The molecule has 2 heteroatoms. The highest BCUT2D eigenvalue weighted by molar-refractivity contribution is 9.08. The molecule has 1 aromatic carbocycles. The maximum absolute atomic E-state index is 4.36. The first-order valence-electron chi connectivity index (χ1n) is 4.21. The van der Waals surface area contributed by atoms with Crippen LogP contribution in [0.1, 0.15) is 11.1 Å². The van der Waals surface area contributed by atoms with Gasteiger partial charge in [-0.15, -0.1) is 0 Å². The highest BCUT2D eigenvalue weighted by Gasteiger charge is 1.96. The molecule has 1 heterocycles. The normalized spacial score (nSPS) is 10.6. The van der Waals surface area contributed by atoms with Crippen molar-refractivity contribution in [2.24, 2.45) is 0 Å². The first kappa shape index (κ1) is 8.70. The van der Waals surface area contributed by atoms with Crippen molar-refractivity contribution >= 4 is 26.8 Å². The topological polar surface area (TPSA) is 12.9 Å². The molecule has 2 rings (SSSR count). The summed E-state index contributed by atoms with van der Waals surface area (Å²) < 4.78 is 0. The number of nitrogens with zero attached hydrogens (tertiary/aromatic N) is 1. The van der Waals surface area contributed by atoms with Gasteiger partial charge in [0.15, 0.2) is 0 Å². The van der Waals surface area contributed by atoms with Gasteiger partial charge in [-0.2, -0.15) is 0 Å². The SMILES string of the molecule is Cc1ccc2ncc(CBr)cc2c1. The Bertz CT molecular complexity index is 437. The number of aromatic nitrogens is 1. The van der Waals surface area contributed by atoms with Crippen LogP contribution in [0.3, 0.4) is 0 Å². The predicted molar refractivity (Wildman–Crippen MR) is 59.1 cm³/mol. The molecule has 2 aromatic rings. The number of hydrogen-bond donors (Lipinski definition) is 0. The zero-order chi connectivity index (χ0) is 9.26. The van der Waals surface area contributed by atoms with Gasteiger partial charge in [-0.1, -0.05) is 27.6 Å². The third-order valence-electron chi connectivity index (χ3n) is 2.05. The van der Waals surface area contributed by atoms with Gasteiger partial charge < -0.3 is 0 Å². The Hall–Kier alpha value is -0.890. The third kappa shape index (κ3) is 1.73. The minimum atomic E-state index is 0.865. The third-order valence-corrected chi connectivity index (χ3v) is 2.70. The van der Waals surface area contributed by atoms with E-state index in [4.69, 9.17) is 0 Å². The molecule has 0 unspecified atom stereocenters. The molecule has 0 amide bonds. The van der Waals surface area contributed by atoms with E-state index in [9.17, 15) is 0 Å². The van der Waals surface area contributed by atoms with E-state index in [0.717, 1.165) is 10.8 Å². The van der Waals surface area contributed by atoms with E-state index in [0.29, 0.717) is 0 Å². The fourth-order valence-electron chi connectivity index (χ4n) is 1.37. The molecular weight excluding hydrogens is 226 g/mol. The molecule has 0 aliphatic carbocycles. The van der Waals surface area contributed by atoms with Gasteiger partial charge in [-0.05, 0) is 30.7 Å². The molecule has 0 spiro atoms. The Morgan fingerprint density at radius 1 is 1.31 bits per heavy atom. The van der Waals surface area contributed by atoms with Gasteiger partial charge >= 0.3 is 0 Å². The van der Waals surface area contributed by atoms with Crippen LogP contribution in [-0.4, -0.2) is 4.98 Å². The molecule has 0 radical (unpaired) electrons. The number of alkyl halides is 1. The minimum absolute atomic E-state index is 0.865. The first-order valence-corrected chi connectivity index (χ1v) is 5.33. The van der Waals surface area contributed by atoms with Crippen molar-refractivity contribution in [1.82, 2.24) is 4.98 Å². The van der Waals surface area contributed by atoms with Crippen LogP contribution >= 0.6 is 15.9 Å². The average molecular weight is 236 g/mol. The monoisotopic (exact) mass is 235 g/mol. The number of benzene rings is 1. The summed E-state index contributed by atoms with van der Waals surface area (Å²) in [5, 5.41) is 2.08. The fraction of sp³-hybridized carbons (Fsp3) is 0.182. The smallest absolute Gasteiger partial charge is 0.0702 e. The molecule has 0 atom stereocenters. The van der Waals surface area contributed by atoms with Crippen LogP contribution in [0.15, 0.2) is 30.5 Å². The number of pyridine rings is 1.